The quantitative estimate of drug-likeness (QED) is 0.354. The van der Waals surface area contributed by atoms with Crippen LogP contribution in [0.15, 0.2) is 30.5 Å². The van der Waals surface area contributed by atoms with Gasteiger partial charge in [-0.1, -0.05) is 6.04 Å². The Balaban J connectivity index is 3.80. The van der Waals surface area contributed by atoms with Gasteiger partial charge in [0.2, 0.25) is 0 Å². The molecule has 1 aromatic rings. The molecule has 0 aromatic carbocycles. The summed E-state index contributed by atoms with van der Waals surface area (Å²) in [6.07, 6.45) is -1.16. The number of rotatable bonds is 1. The highest BCUT2D eigenvalue weighted by atomic mass is 14.9. The van der Waals surface area contributed by atoms with Crippen LogP contribution in [0.1, 0.15) is 6.85 Å². The number of allylic oxidation sites excluding steroid dienone is 1. The lowest BCUT2D eigenvalue weighted by atomic mass is 10.4. The van der Waals surface area contributed by atoms with Gasteiger partial charge >= 0.3 is 5.70 Å². The molecule has 11 heavy (non-hydrogen) atoms. The summed E-state index contributed by atoms with van der Waals surface area (Å²) in [5.74, 6) is 1.72. The summed E-state index contributed by atoms with van der Waals surface area (Å²) in [6, 6.07) is -0.142. The second kappa shape index (κ2) is 3.31. The number of nitrogens with one attached hydrogen (secondary N) is 1. The van der Waals surface area contributed by atoms with E-state index in [1.807, 2.05) is 0 Å². The summed E-state index contributed by atoms with van der Waals surface area (Å²) in [4.78, 5) is 0. The molecule has 0 aliphatic heterocycles. The molecule has 1 N–H and O–H groups in total. The van der Waals surface area contributed by atoms with Crippen molar-refractivity contribution in [2.24, 2.45) is 0 Å². The number of nitrogens with zero attached hydrogens (tertiary/aromatic N) is 2. The average Bonchev–Trinajstić information content (AvgIpc) is 2.29. The number of pyridine rings is 1. The molecule has 0 atom stereocenters. The first-order valence-electron chi connectivity index (χ1n) is 5.14. The van der Waals surface area contributed by atoms with Crippen LogP contribution < -0.4 is 4.57 Å². The molecular weight excluding hydrogens is 138 g/mol. The van der Waals surface area contributed by atoms with Gasteiger partial charge in [0.1, 0.15) is 2.74 Å². The predicted molar refractivity (Wildman–Crippen MR) is 39.7 cm³/mol. The molecule has 3 nitrogen and oxygen atoms in total. The lowest BCUT2D eigenvalue weighted by molar-refractivity contribution is -0.576. The van der Waals surface area contributed by atoms with Crippen LogP contribution in [0.5, 0.6) is 0 Å². The first kappa shape index (κ1) is 3.00. The first-order valence-corrected chi connectivity index (χ1v) is 2.64. The molecule has 0 radical (unpaired) electrons. The fourth-order valence-corrected chi connectivity index (χ4v) is 0.473. The third-order valence-corrected chi connectivity index (χ3v) is 0.908. The van der Waals surface area contributed by atoms with E-state index >= 15 is 0 Å². The van der Waals surface area contributed by atoms with Crippen molar-refractivity contribution in [3.05, 3.63) is 30.5 Å². The fraction of sp³-hybridized carbons (Fsp3) is 0. The highest BCUT2D eigenvalue weighted by Gasteiger charge is 2.04. The molecule has 0 bridgehead atoms. The smallest absolute Gasteiger partial charge is 0.252 e. The highest BCUT2D eigenvalue weighted by molar-refractivity contribution is 5.80. The maximum atomic E-state index is 8.65. The van der Waals surface area contributed by atoms with Crippen LogP contribution >= 0.6 is 0 Å². The molecular formula is C8H6N3+. The van der Waals surface area contributed by atoms with Gasteiger partial charge in [-0.3, -0.25) is 5.41 Å². The van der Waals surface area contributed by atoms with Gasteiger partial charge in [0.15, 0.2) is 18.4 Å². The summed E-state index contributed by atoms with van der Waals surface area (Å²) >= 11 is 0. The van der Waals surface area contributed by atoms with Crippen LogP contribution in [-0.2, 0) is 0 Å². The highest BCUT2D eigenvalue weighted by Crippen LogP contribution is 1.83. The van der Waals surface area contributed by atoms with E-state index in [1.165, 1.54) is 6.07 Å². The van der Waals surface area contributed by atoms with Gasteiger partial charge in [0.25, 0.3) is 0 Å². The van der Waals surface area contributed by atoms with Crippen molar-refractivity contribution in [3.8, 4) is 6.07 Å². The Morgan fingerprint density at radius 2 is 2.09 bits per heavy atom. The van der Waals surface area contributed by atoms with E-state index in [4.69, 9.17) is 17.5 Å². The van der Waals surface area contributed by atoms with E-state index in [-0.39, 0.29) is 0 Å². The molecule has 0 amide bonds. The van der Waals surface area contributed by atoms with Crippen molar-refractivity contribution in [2.45, 2.75) is 0 Å². The van der Waals surface area contributed by atoms with E-state index in [9.17, 15) is 0 Å². The van der Waals surface area contributed by atoms with Crippen LogP contribution in [-0.4, -0.2) is 5.87 Å². The lowest BCUT2D eigenvalue weighted by Crippen LogP contribution is -2.30. The monoisotopic (exact) mass is 149 g/mol. The van der Waals surface area contributed by atoms with Crippen LogP contribution in [0.3, 0.4) is 0 Å². The van der Waals surface area contributed by atoms with Gasteiger partial charge < -0.3 is 0 Å². The Kier molecular flexibility index (Phi) is 0.901. The van der Waals surface area contributed by atoms with Gasteiger partial charge in [0, 0.05) is 12.1 Å². The van der Waals surface area contributed by atoms with E-state index < -0.39 is 36.2 Å². The topological polar surface area (TPSA) is 51.5 Å². The molecule has 3 heteroatoms. The van der Waals surface area contributed by atoms with Crippen molar-refractivity contribution < 1.29 is 11.4 Å². The minimum atomic E-state index is -0.581. The number of hydrogen-bond donors (Lipinski definition) is 1. The Morgan fingerprint density at radius 1 is 1.45 bits per heavy atom. The molecule has 0 saturated heterocycles. The standard InChI is InChI=1S/C8H6N3/c9-6-8(7-10)11-4-2-1-3-5-11/h1-5,9H/q+1/i1D,2D,3D,4D,5D. The molecule has 52 valence electrons. The van der Waals surface area contributed by atoms with Crippen molar-refractivity contribution in [1.29, 1.82) is 10.7 Å². The zero-order chi connectivity index (χ0) is 12.5. The molecule has 1 aromatic heterocycles. The zero-order valence-electron chi connectivity index (χ0n) is 10.4. The predicted octanol–water partition coefficient (Wildman–Crippen LogP) is 0.587. The van der Waals surface area contributed by atoms with E-state index in [0.717, 1.165) is 0 Å². The SMILES string of the molecule is [2H]c1c([2H])c([2H])[n+](C(=C=N)C#N)c([2H])c1[2H]. The minimum absolute atomic E-state index is 0.461. The Bertz CT molecular complexity index is 525. The third-order valence-electron chi connectivity index (χ3n) is 0.908. The van der Waals surface area contributed by atoms with Crippen molar-refractivity contribution >= 4 is 11.6 Å². The van der Waals surface area contributed by atoms with Gasteiger partial charge in [0.05, 0.1) is 9.98 Å². The fourth-order valence-electron chi connectivity index (χ4n) is 0.473. The van der Waals surface area contributed by atoms with Crippen molar-refractivity contribution in [3.63, 3.8) is 0 Å². The average molecular weight is 149 g/mol. The second-order valence-corrected chi connectivity index (χ2v) is 1.52. The van der Waals surface area contributed by atoms with Gasteiger partial charge in [-0.2, -0.15) is 5.26 Å². The first-order chi connectivity index (χ1) is 7.45. The van der Waals surface area contributed by atoms with Crippen LogP contribution in [0.25, 0.3) is 5.70 Å². The van der Waals surface area contributed by atoms with Gasteiger partial charge in [-0.15, -0.1) is 4.57 Å². The van der Waals surface area contributed by atoms with Gasteiger partial charge in [-0.25, -0.2) is 0 Å². The Hall–Kier alpha value is -1.91. The summed E-state index contributed by atoms with van der Waals surface area (Å²) < 4.78 is 37.6. The maximum absolute atomic E-state index is 8.65. The molecule has 1 rings (SSSR count). The normalized spacial score (nSPS) is 14.3. The number of hydrogen-bond acceptors (Lipinski definition) is 2. The largest absolute Gasteiger partial charge is 0.351 e. The zero-order valence-corrected chi connectivity index (χ0v) is 5.39. The molecule has 0 aliphatic rings. The summed E-state index contributed by atoms with van der Waals surface area (Å²) in [7, 11) is 0. The third kappa shape index (κ3) is 1.51. The summed E-state index contributed by atoms with van der Waals surface area (Å²) in [5.41, 5.74) is -0.461. The number of nitriles is 1. The van der Waals surface area contributed by atoms with Crippen LogP contribution in [0, 0.1) is 16.7 Å². The van der Waals surface area contributed by atoms with Crippen molar-refractivity contribution in [2.75, 3.05) is 0 Å². The molecule has 0 spiro atoms. The minimum Gasteiger partial charge on any atom is -0.252 e. The summed E-state index contributed by atoms with van der Waals surface area (Å²) in [5, 5.41) is 15.5. The van der Waals surface area contributed by atoms with E-state index in [0.29, 0.717) is 4.57 Å². The molecule has 0 fully saturated rings. The van der Waals surface area contributed by atoms with Gasteiger partial charge in [-0.05, 0) is 0 Å². The summed E-state index contributed by atoms with van der Waals surface area (Å²) in [6.45, 7) is 0. The van der Waals surface area contributed by atoms with Crippen LogP contribution in [0.4, 0.5) is 0 Å². The van der Waals surface area contributed by atoms with Crippen LogP contribution in [0.2, 0.25) is 0 Å². The van der Waals surface area contributed by atoms with E-state index in [2.05, 4.69) is 0 Å². The molecule has 1 heterocycles. The number of aromatic nitrogens is 1. The molecule has 0 unspecified atom stereocenters. The lowest BCUT2D eigenvalue weighted by Gasteiger charge is -1.84. The molecule has 0 saturated carbocycles. The maximum Gasteiger partial charge on any atom is 0.351 e. The Labute approximate surface area is 71.4 Å². The van der Waals surface area contributed by atoms with E-state index in [1.54, 1.807) is 5.87 Å². The Morgan fingerprint density at radius 3 is 2.55 bits per heavy atom. The molecule has 0 aliphatic carbocycles. The van der Waals surface area contributed by atoms with Crippen molar-refractivity contribution in [1.82, 2.24) is 0 Å². The second-order valence-electron chi connectivity index (χ2n) is 1.52.